The Kier molecular flexibility index (Phi) is 6.87. The molecule has 5 N–H and O–H groups in total. The normalized spacial score (nSPS) is 12.2. The minimum Gasteiger partial charge on any atom is -0.456 e. The standard InChI is InChI=1S/C23H18F5N3O3/c1-11-8-13(24)3-7-18(11)34-19-9-12(23(26,27)28)2-5-15(19)22(33)31-14-4-6-17(25)16(10-14)20(29)21(30)32/h2-10,20H,29H2,1H3,(H2,30,32)(H,31,33). The van der Waals surface area contributed by atoms with E-state index in [4.69, 9.17) is 16.2 Å². The number of hydrogen-bond donors (Lipinski definition) is 3. The van der Waals surface area contributed by atoms with Gasteiger partial charge in [0.15, 0.2) is 0 Å². The van der Waals surface area contributed by atoms with Gasteiger partial charge in [-0.2, -0.15) is 13.2 Å². The molecule has 178 valence electrons. The Morgan fingerprint density at radius 1 is 0.971 bits per heavy atom. The first-order chi connectivity index (χ1) is 15.9. The second kappa shape index (κ2) is 9.48. The van der Waals surface area contributed by atoms with Crippen LogP contribution in [0.3, 0.4) is 0 Å². The van der Waals surface area contributed by atoms with Crippen molar-refractivity contribution >= 4 is 17.5 Å². The van der Waals surface area contributed by atoms with Gasteiger partial charge >= 0.3 is 6.18 Å². The molecule has 3 aromatic rings. The zero-order valence-corrected chi connectivity index (χ0v) is 17.5. The average molecular weight is 479 g/mol. The summed E-state index contributed by atoms with van der Waals surface area (Å²) in [7, 11) is 0. The molecule has 0 bridgehead atoms. The van der Waals surface area contributed by atoms with E-state index in [-0.39, 0.29) is 28.1 Å². The van der Waals surface area contributed by atoms with Crippen LogP contribution in [0, 0.1) is 18.6 Å². The third kappa shape index (κ3) is 5.49. The molecule has 1 atom stereocenters. The van der Waals surface area contributed by atoms with Crippen LogP contribution in [-0.2, 0) is 11.0 Å². The second-order valence-electron chi connectivity index (χ2n) is 7.29. The van der Waals surface area contributed by atoms with Crippen molar-refractivity contribution in [1.82, 2.24) is 0 Å². The van der Waals surface area contributed by atoms with Crippen molar-refractivity contribution in [2.24, 2.45) is 11.5 Å². The van der Waals surface area contributed by atoms with Crippen LogP contribution in [0.4, 0.5) is 27.6 Å². The summed E-state index contributed by atoms with van der Waals surface area (Å²) >= 11 is 0. The number of carbonyl (C=O) groups is 2. The van der Waals surface area contributed by atoms with Crippen LogP contribution >= 0.6 is 0 Å². The largest absolute Gasteiger partial charge is 0.456 e. The zero-order valence-electron chi connectivity index (χ0n) is 17.5. The average Bonchev–Trinajstić information content (AvgIpc) is 2.75. The molecule has 0 heterocycles. The van der Waals surface area contributed by atoms with Crippen molar-refractivity contribution in [1.29, 1.82) is 0 Å². The van der Waals surface area contributed by atoms with Crippen molar-refractivity contribution in [3.05, 3.63) is 88.5 Å². The number of alkyl halides is 3. The number of benzene rings is 3. The molecule has 0 aliphatic carbocycles. The van der Waals surface area contributed by atoms with Gasteiger partial charge in [0.2, 0.25) is 5.91 Å². The Labute approximate surface area is 190 Å². The summed E-state index contributed by atoms with van der Waals surface area (Å²) in [6.07, 6.45) is -4.72. The minimum absolute atomic E-state index is 0.00177. The number of anilines is 1. The summed E-state index contributed by atoms with van der Waals surface area (Å²) in [6, 6.07) is 7.33. The molecule has 0 aromatic heterocycles. The van der Waals surface area contributed by atoms with Crippen LogP contribution in [0.1, 0.15) is 33.1 Å². The quantitative estimate of drug-likeness (QED) is 0.441. The van der Waals surface area contributed by atoms with E-state index in [0.29, 0.717) is 12.1 Å². The molecule has 11 heteroatoms. The summed E-state index contributed by atoms with van der Waals surface area (Å²) in [6.45, 7) is 1.48. The number of hydrogen-bond acceptors (Lipinski definition) is 4. The molecule has 1 unspecified atom stereocenters. The fourth-order valence-corrected chi connectivity index (χ4v) is 3.03. The molecule has 2 amide bonds. The van der Waals surface area contributed by atoms with Crippen LogP contribution in [0.5, 0.6) is 11.5 Å². The summed E-state index contributed by atoms with van der Waals surface area (Å²) < 4.78 is 72.7. The van der Waals surface area contributed by atoms with E-state index >= 15 is 0 Å². The lowest BCUT2D eigenvalue weighted by Gasteiger charge is -2.16. The SMILES string of the molecule is Cc1cc(F)ccc1Oc1cc(C(F)(F)F)ccc1C(=O)Nc1ccc(F)c(C(N)C(N)=O)c1. The van der Waals surface area contributed by atoms with Crippen molar-refractivity contribution in [3.63, 3.8) is 0 Å². The van der Waals surface area contributed by atoms with Gasteiger partial charge in [-0.25, -0.2) is 8.78 Å². The molecule has 6 nitrogen and oxygen atoms in total. The van der Waals surface area contributed by atoms with Crippen LogP contribution in [-0.4, -0.2) is 11.8 Å². The highest BCUT2D eigenvalue weighted by Gasteiger charge is 2.32. The third-order valence-corrected chi connectivity index (χ3v) is 4.81. The lowest BCUT2D eigenvalue weighted by atomic mass is 10.1. The molecule has 0 fully saturated rings. The third-order valence-electron chi connectivity index (χ3n) is 4.81. The fraction of sp³-hybridized carbons (Fsp3) is 0.130. The Balaban J connectivity index is 1.99. The highest BCUT2D eigenvalue weighted by Crippen LogP contribution is 2.36. The van der Waals surface area contributed by atoms with Crippen molar-refractivity contribution < 1.29 is 36.3 Å². The lowest BCUT2D eigenvalue weighted by molar-refractivity contribution is -0.137. The molecule has 0 aliphatic heterocycles. The van der Waals surface area contributed by atoms with E-state index in [1.165, 1.54) is 19.1 Å². The van der Waals surface area contributed by atoms with Gasteiger partial charge < -0.3 is 21.5 Å². The van der Waals surface area contributed by atoms with Crippen molar-refractivity contribution in [2.45, 2.75) is 19.1 Å². The Morgan fingerprint density at radius 2 is 1.68 bits per heavy atom. The van der Waals surface area contributed by atoms with Crippen LogP contribution < -0.4 is 21.5 Å². The van der Waals surface area contributed by atoms with Gasteiger partial charge in [-0.05, 0) is 67.1 Å². The first-order valence-corrected chi connectivity index (χ1v) is 9.67. The number of aryl methyl sites for hydroxylation is 1. The van der Waals surface area contributed by atoms with Gasteiger partial charge in [0.1, 0.15) is 29.2 Å². The van der Waals surface area contributed by atoms with Gasteiger partial charge in [0.05, 0.1) is 11.1 Å². The van der Waals surface area contributed by atoms with Crippen LogP contribution in [0.2, 0.25) is 0 Å². The maximum Gasteiger partial charge on any atom is 0.416 e. The summed E-state index contributed by atoms with van der Waals surface area (Å²) in [5, 5.41) is 2.39. The van der Waals surface area contributed by atoms with Crippen molar-refractivity contribution in [3.8, 4) is 11.5 Å². The van der Waals surface area contributed by atoms with Gasteiger partial charge in [-0.15, -0.1) is 0 Å². The van der Waals surface area contributed by atoms with Crippen LogP contribution in [0.25, 0.3) is 0 Å². The summed E-state index contributed by atoms with van der Waals surface area (Å²) in [4.78, 5) is 24.2. The molecule has 3 rings (SSSR count). The van der Waals surface area contributed by atoms with Gasteiger partial charge in [0, 0.05) is 11.3 Å². The van der Waals surface area contributed by atoms with Gasteiger partial charge in [0.25, 0.3) is 5.91 Å². The maximum atomic E-state index is 14.0. The zero-order chi connectivity index (χ0) is 25.2. The second-order valence-corrected chi connectivity index (χ2v) is 7.29. The summed E-state index contributed by atoms with van der Waals surface area (Å²) in [5.74, 6) is -3.73. The maximum absolute atomic E-state index is 14.0. The molecule has 3 aromatic carbocycles. The number of nitrogens with one attached hydrogen (secondary N) is 1. The first kappa shape index (κ1) is 24.6. The van der Waals surface area contributed by atoms with Crippen LogP contribution in [0.15, 0.2) is 54.6 Å². The van der Waals surface area contributed by atoms with Gasteiger partial charge in [-0.3, -0.25) is 9.59 Å². The number of halogens is 5. The highest BCUT2D eigenvalue weighted by atomic mass is 19.4. The van der Waals surface area contributed by atoms with E-state index in [9.17, 15) is 31.5 Å². The van der Waals surface area contributed by atoms with E-state index in [2.05, 4.69) is 5.32 Å². The topological polar surface area (TPSA) is 107 Å². The fourth-order valence-electron chi connectivity index (χ4n) is 3.03. The molecule has 0 radical (unpaired) electrons. The minimum atomic E-state index is -4.72. The predicted octanol–water partition coefficient (Wildman–Crippen LogP) is 4.82. The molecule has 0 spiro atoms. The van der Waals surface area contributed by atoms with E-state index in [0.717, 1.165) is 30.3 Å². The van der Waals surface area contributed by atoms with E-state index in [1.807, 2.05) is 0 Å². The van der Waals surface area contributed by atoms with E-state index < -0.39 is 47.0 Å². The molecule has 0 aliphatic rings. The number of amides is 2. The smallest absolute Gasteiger partial charge is 0.416 e. The Hall–Kier alpha value is -3.99. The monoisotopic (exact) mass is 479 g/mol. The number of ether oxygens (including phenoxy) is 1. The number of nitrogens with two attached hydrogens (primary N) is 2. The number of carbonyl (C=O) groups excluding carboxylic acids is 2. The molecular formula is C23H18F5N3O3. The predicted molar refractivity (Wildman–Crippen MR) is 113 cm³/mol. The van der Waals surface area contributed by atoms with Crippen molar-refractivity contribution in [2.75, 3.05) is 5.32 Å². The number of rotatable bonds is 6. The van der Waals surface area contributed by atoms with E-state index in [1.54, 1.807) is 0 Å². The van der Waals surface area contributed by atoms with Gasteiger partial charge in [-0.1, -0.05) is 0 Å². The molecular weight excluding hydrogens is 461 g/mol. The Morgan fingerprint density at radius 3 is 2.29 bits per heavy atom. The Bertz CT molecular complexity index is 1260. The molecule has 0 saturated carbocycles. The summed E-state index contributed by atoms with van der Waals surface area (Å²) in [5.41, 5.74) is 9.30. The number of primary amides is 1. The lowest BCUT2D eigenvalue weighted by Crippen LogP contribution is -2.29. The highest BCUT2D eigenvalue weighted by molar-refractivity contribution is 6.06. The molecule has 34 heavy (non-hydrogen) atoms. The molecule has 0 saturated heterocycles. The first-order valence-electron chi connectivity index (χ1n) is 9.67.